The molecule has 1 aliphatic heterocycles. The molecule has 0 aromatic heterocycles. The van der Waals surface area contributed by atoms with E-state index in [-0.39, 0.29) is 18.3 Å². The van der Waals surface area contributed by atoms with Crippen LogP contribution < -0.4 is 15.5 Å². The maximum Gasteiger partial charge on any atom is 0.494 e. The molecule has 1 aliphatic rings. The average molecular weight is 365 g/mol. The van der Waals surface area contributed by atoms with Gasteiger partial charge in [0.05, 0.1) is 18.3 Å². The maximum absolute atomic E-state index is 6.09. The Balaban J connectivity index is 1.53. The molecule has 0 saturated carbocycles. The smallest absolute Gasteiger partial charge is 0.494 e. The number of hydrogen-bond donors (Lipinski definition) is 1. The third-order valence-electron chi connectivity index (χ3n) is 5.29. The third kappa shape index (κ3) is 4.55. The van der Waals surface area contributed by atoms with Gasteiger partial charge in [0.15, 0.2) is 0 Å². The molecule has 0 bridgehead atoms. The lowest BCUT2D eigenvalue weighted by molar-refractivity contribution is 0.00578. The van der Waals surface area contributed by atoms with Crippen molar-refractivity contribution in [2.24, 2.45) is 0 Å². The predicted octanol–water partition coefficient (Wildman–Crippen LogP) is 4.12. The highest BCUT2D eigenvalue weighted by atomic mass is 16.7. The second-order valence-corrected chi connectivity index (χ2v) is 7.77. The van der Waals surface area contributed by atoms with Crippen LogP contribution in [0.3, 0.4) is 0 Å². The summed E-state index contributed by atoms with van der Waals surface area (Å²) < 4.78 is 17.4. The van der Waals surface area contributed by atoms with E-state index < -0.39 is 0 Å². The van der Waals surface area contributed by atoms with Gasteiger partial charge in [-0.25, -0.2) is 0 Å². The minimum Gasteiger partial charge on any atom is -0.497 e. The number of anilines is 1. The molecular formula is C22H28BNO3. The SMILES string of the molecule is COc1ccc(C=CCNc2ccc(B3OC(C)(C)C(C)(C)O3)cc2)cc1. The fourth-order valence-corrected chi connectivity index (χ4v) is 2.82. The van der Waals surface area contributed by atoms with Crippen LogP contribution in [0.5, 0.6) is 5.75 Å². The minimum absolute atomic E-state index is 0.319. The summed E-state index contributed by atoms with van der Waals surface area (Å²) in [5, 5.41) is 3.39. The van der Waals surface area contributed by atoms with Crippen LogP contribution in [0.15, 0.2) is 54.6 Å². The predicted molar refractivity (Wildman–Crippen MR) is 113 cm³/mol. The zero-order chi connectivity index (χ0) is 19.5. The number of nitrogens with one attached hydrogen (secondary N) is 1. The van der Waals surface area contributed by atoms with Gasteiger partial charge in [-0.05, 0) is 63.0 Å². The normalized spacial score (nSPS) is 18.0. The van der Waals surface area contributed by atoms with Gasteiger partial charge in [-0.1, -0.05) is 36.4 Å². The lowest BCUT2D eigenvalue weighted by atomic mass is 9.79. The molecule has 3 rings (SSSR count). The first-order valence-electron chi connectivity index (χ1n) is 9.31. The van der Waals surface area contributed by atoms with Crippen molar-refractivity contribution < 1.29 is 14.0 Å². The first-order valence-corrected chi connectivity index (χ1v) is 9.31. The van der Waals surface area contributed by atoms with Crippen molar-refractivity contribution in [2.75, 3.05) is 19.0 Å². The zero-order valence-corrected chi connectivity index (χ0v) is 16.8. The van der Waals surface area contributed by atoms with Crippen molar-refractivity contribution in [3.63, 3.8) is 0 Å². The highest BCUT2D eigenvalue weighted by molar-refractivity contribution is 6.62. The van der Waals surface area contributed by atoms with Crippen LogP contribution in [0.1, 0.15) is 33.3 Å². The van der Waals surface area contributed by atoms with E-state index >= 15 is 0 Å². The summed E-state index contributed by atoms with van der Waals surface area (Å²) in [6.07, 6.45) is 4.19. The van der Waals surface area contributed by atoms with Crippen molar-refractivity contribution in [1.29, 1.82) is 0 Å². The number of benzene rings is 2. The van der Waals surface area contributed by atoms with Crippen LogP contribution in [0, 0.1) is 0 Å². The number of methoxy groups -OCH3 is 1. The van der Waals surface area contributed by atoms with Gasteiger partial charge in [-0.15, -0.1) is 0 Å². The Hall–Kier alpha value is -2.24. The minimum atomic E-state index is -0.320. The van der Waals surface area contributed by atoms with Crippen LogP contribution in [0.25, 0.3) is 6.08 Å². The van der Waals surface area contributed by atoms with Gasteiger partial charge in [0.1, 0.15) is 5.75 Å². The lowest BCUT2D eigenvalue weighted by Crippen LogP contribution is -2.41. The highest BCUT2D eigenvalue weighted by Crippen LogP contribution is 2.36. The van der Waals surface area contributed by atoms with Gasteiger partial charge in [-0.2, -0.15) is 0 Å². The summed E-state index contributed by atoms with van der Waals surface area (Å²) in [7, 11) is 1.35. The Morgan fingerprint density at radius 3 is 2.07 bits per heavy atom. The monoisotopic (exact) mass is 365 g/mol. The lowest BCUT2D eigenvalue weighted by Gasteiger charge is -2.32. The van der Waals surface area contributed by atoms with Crippen molar-refractivity contribution in [3.05, 3.63) is 60.2 Å². The Morgan fingerprint density at radius 2 is 1.52 bits per heavy atom. The van der Waals surface area contributed by atoms with E-state index in [2.05, 4.69) is 69.4 Å². The van der Waals surface area contributed by atoms with Crippen molar-refractivity contribution in [1.82, 2.24) is 0 Å². The molecule has 0 amide bonds. The van der Waals surface area contributed by atoms with Crippen LogP contribution in [-0.4, -0.2) is 32.0 Å². The molecule has 27 heavy (non-hydrogen) atoms. The summed E-state index contributed by atoms with van der Waals surface area (Å²) in [4.78, 5) is 0. The molecule has 1 heterocycles. The molecule has 5 heteroatoms. The summed E-state index contributed by atoms with van der Waals surface area (Å²) in [5.74, 6) is 0.868. The van der Waals surface area contributed by atoms with E-state index in [9.17, 15) is 0 Å². The molecule has 2 aromatic carbocycles. The third-order valence-corrected chi connectivity index (χ3v) is 5.29. The van der Waals surface area contributed by atoms with Crippen LogP contribution >= 0.6 is 0 Å². The molecule has 1 saturated heterocycles. The van der Waals surface area contributed by atoms with Gasteiger partial charge >= 0.3 is 7.12 Å². The van der Waals surface area contributed by atoms with E-state index in [1.807, 2.05) is 24.3 Å². The molecule has 4 nitrogen and oxygen atoms in total. The second kappa shape index (κ2) is 7.79. The first kappa shape index (κ1) is 19.5. The molecule has 0 atom stereocenters. The second-order valence-electron chi connectivity index (χ2n) is 7.77. The Morgan fingerprint density at radius 1 is 0.926 bits per heavy atom. The van der Waals surface area contributed by atoms with Gasteiger partial charge in [0.25, 0.3) is 0 Å². The highest BCUT2D eigenvalue weighted by Gasteiger charge is 2.51. The summed E-state index contributed by atoms with van der Waals surface area (Å²) in [6.45, 7) is 9.02. The van der Waals surface area contributed by atoms with Crippen molar-refractivity contribution in [3.8, 4) is 5.75 Å². The Labute approximate surface area is 162 Å². The maximum atomic E-state index is 6.09. The number of rotatable bonds is 6. The molecule has 1 N–H and O–H groups in total. The van der Waals surface area contributed by atoms with Crippen molar-refractivity contribution in [2.45, 2.75) is 38.9 Å². The molecule has 0 spiro atoms. The molecule has 0 aliphatic carbocycles. The quantitative estimate of drug-likeness (QED) is 0.782. The fraction of sp³-hybridized carbons (Fsp3) is 0.364. The molecule has 1 fully saturated rings. The summed E-state index contributed by atoms with van der Waals surface area (Å²) >= 11 is 0. The molecular weight excluding hydrogens is 337 g/mol. The Bertz CT molecular complexity index is 766. The Kier molecular flexibility index (Phi) is 5.63. The van der Waals surface area contributed by atoms with E-state index in [0.717, 1.165) is 29.0 Å². The standard InChI is InChI=1S/C22H28BNO3/c1-21(2)22(3,4)27-23(26-21)18-10-12-19(13-11-18)24-16-6-7-17-8-14-20(25-5)15-9-17/h6-15,24H,16H2,1-5H3. The molecule has 2 aromatic rings. The molecule has 0 unspecified atom stereocenters. The zero-order valence-electron chi connectivity index (χ0n) is 16.8. The average Bonchev–Trinajstić information content (AvgIpc) is 2.87. The van der Waals surface area contributed by atoms with Crippen LogP contribution in [0.2, 0.25) is 0 Å². The summed E-state index contributed by atoms with van der Waals surface area (Å²) in [6, 6.07) is 16.2. The van der Waals surface area contributed by atoms with Crippen LogP contribution in [0.4, 0.5) is 5.69 Å². The first-order chi connectivity index (χ1) is 12.8. The molecule has 0 radical (unpaired) electrons. The van der Waals surface area contributed by atoms with E-state index in [0.29, 0.717) is 0 Å². The van der Waals surface area contributed by atoms with Gasteiger partial charge < -0.3 is 19.4 Å². The number of ether oxygens (including phenoxy) is 1. The van der Waals surface area contributed by atoms with Crippen molar-refractivity contribution >= 4 is 24.3 Å². The fourth-order valence-electron chi connectivity index (χ4n) is 2.82. The topological polar surface area (TPSA) is 39.7 Å². The van der Waals surface area contributed by atoms with E-state index in [1.165, 1.54) is 0 Å². The number of hydrogen-bond acceptors (Lipinski definition) is 4. The summed E-state index contributed by atoms with van der Waals surface area (Å²) in [5.41, 5.74) is 2.61. The van der Waals surface area contributed by atoms with E-state index in [1.54, 1.807) is 7.11 Å². The largest absolute Gasteiger partial charge is 0.497 e. The van der Waals surface area contributed by atoms with E-state index in [4.69, 9.17) is 14.0 Å². The molecule has 142 valence electrons. The van der Waals surface area contributed by atoms with Gasteiger partial charge in [0, 0.05) is 12.2 Å². The van der Waals surface area contributed by atoms with Crippen LogP contribution in [-0.2, 0) is 9.31 Å². The van der Waals surface area contributed by atoms with Gasteiger partial charge in [0.2, 0.25) is 0 Å². The van der Waals surface area contributed by atoms with Gasteiger partial charge in [-0.3, -0.25) is 0 Å².